The molecule has 0 aliphatic heterocycles. The minimum atomic E-state index is -0.186. The summed E-state index contributed by atoms with van der Waals surface area (Å²) in [5, 5.41) is 5.78. The second-order valence-corrected chi connectivity index (χ2v) is 6.70. The fraction of sp³-hybridized carbons (Fsp3) is 0.333. The lowest BCUT2D eigenvalue weighted by atomic mass is 9.85. The molecule has 0 unspecified atom stereocenters. The zero-order valence-electron chi connectivity index (χ0n) is 15.0. The molecule has 0 bridgehead atoms. The van der Waals surface area contributed by atoms with E-state index in [2.05, 4.69) is 10.6 Å². The van der Waals surface area contributed by atoms with Crippen molar-refractivity contribution >= 4 is 17.5 Å². The van der Waals surface area contributed by atoms with Crippen LogP contribution in [0, 0.1) is 12.8 Å². The van der Waals surface area contributed by atoms with E-state index in [1.165, 1.54) is 0 Å². The van der Waals surface area contributed by atoms with E-state index >= 15 is 0 Å². The SMILES string of the molecule is Cc1ccc(OCC(=O)NCc2cccc(NC(=O)C3CCC3)c2)cc1. The van der Waals surface area contributed by atoms with Crippen molar-refractivity contribution < 1.29 is 14.3 Å². The molecule has 2 amide bonds. The maximum Gasteiger partial charge on any atom is 0.258 e. The number of hydrogen-bond acceptors (Lipinski definition) is 3. The zero-order valence-corrected chi connectivity index (χ0v) is 15.0. The van der Waals surface area contributed by atoms with Gasteiger partial charge in [0.15, 0.2) is 6.61 Å². The van der Waals surface area contributed by atoms with Crippen LogP contribution in [0.1, 0.15) is 30.4 Å². The van der Waals surface area contributed by atoms with Crippen LogP contribution in [-0.2, 0) is 16.1 Å². The van der Waals surface area contributed by atoms with Crippen molar-refractivity contribution in [3.8, 4) is 5.75 Å². The van der Waals surface area contributed by atoms with Gasteiger partial charge in [-0.2, -0.15) is 0 Å². The fourth-order valence-electron chi connectivity index (χ4n) is 2.71. The van der Waals surface area contributed by atoms with Crippen molar-refractivity contribution in [1.29, 1.82) is 0 Å². The molecule has 26 heavy (non-hydrogen) atoms. The fourth-order valence-corrected chi connectivity index (χ4v) is 2.71. The molecular weight excluding hydrogens is 328 g/mol. The lowest BCUT2D eigenvalue weighted by Gasteiger charge is -2.24. The van der Waals surface area contributed by atoms with E-state index < -0.39 is 0 Å². The van der Waals surface area contributed by atoms with Gasteiger partial charge in [0, 0.05) is 18.2 Å². The van der Waals surface area contributed by atoms with Gasteiger partial charge in [-0.25, -0.2) is 0 Å². The Balaban J connectivity index is 1.44. The molecule has 2 N–H and O–H groups in total. The summed E-state index contributed by atoms with van der Waals surface area (Å²) in [7, 11) is 0. The van der Waals surface area contributed by atoms with Gasteiger partial charge in [0.1, 0.15) is 5.75 Å². The number of amides is 2. The number of aryl methyl sites for hydroxylation is 1. The van der Waals surface area contributed by atoms with Crippen molar-refractivity contribution in [1.82, 2.24) is 5.32 Å². The smallest absolute Gasteiger partial charge is 0.258 e. The first-order valence-corrected chi connectivity index (χ1v) is 8.96. The quantitative estimate of drug-likeness (QED) is 0.802. The summed E-state index contributed by atoms with van der Waals surface area (Å²) in [5.74, 6) is 0.724. The molecule has 0 atom stereocenters. The highest BCUT2D eigenvalue weighted by Gasteiger charge is 2.25. The number of ether oxygens (including phenoxy) is 1. The Kier molecular flexibility index (Phi) is 5.89. The molecule has 1 aliphatic rings. The van der Waals surface area contributed by atoms with Gasteiger partial charge in [-0.05, 0) is 49.6 Å². The predicted molar refractivity (Wildman–Crippen MR) is 101 cm³/mol. The van der Waals surface area contributed by atoms with Crippen LogP contribution in [0.15, 0.2) is 48.5 Å². The normalized spacial score (nSPS) is 13.6. The standard InChI is InChI=1S/C21H24N2O3/c1-15-8-10-19(11-9-15)26-14-20(24)22-13-16-4-2-7-18(12-16)23-21(25)17-5-3-6-17/h2,4,7-12,17H,3,5-6,13-14H2,1H3,(H,22,24)(H,23,25). The Morgan fingerprint density at radius 2 is 1.88 bits per heavy atom. The molecule has 1 fully saturated rings. The Morgan fingerprint density at radius 3 is 2.58 bits per heavy atom. The van der Waals surface area contributed by atoms with E-state index in [-0.39, 0.29) is 24.3 Å². The van der Waals surface area contributed by atoms with Crippen LogP contribution in [0.25, 0.3) is 0 Å². The van der Waals surface area contributed by atoms with Crippen LogP contribution in [0.5, 0.6) is 5.75 Å². The Morgan fingerprint density at radius 1 is 1.12 bits per heavy atom. The van der Waals surface area contributed by atoms with Gasteiger partial charge in [0.2, 0.25) is 5.91 Å². The Bertz CT molecular complexity index is 767. The van der Waals surface area contributed by atoms with E-state index in [1.54, 1.807) is 0 Å². The van der Waals surface area contributed by atoms with Crippen molar-refractivity contribution in [2.45, 2.75) is 32.7 Å². The van der Waals surface area contributed by atoms with Crippen LogP contribution < -0.4 is 15.4 Å². The minimum Gasteiger partial charge on any atom is -0.484 e. The van der Waals surface area contributed by atoms with Crippen molar-refractivity contribution in [2.75, 3.05) is 11.9 Å². The largest absolute Gasteiger partial charge is 0.484 e. The molecule has 3 rings (SSSR count). The van der Waals surface area contributed by atoms with E-state index in [0.29, 0.717) is 12.3 Å². The molecule has 1 aliphatic carbocycles. The van der Waals surface area contributed by atoms with Crippen LogP contribution >= 0.6 is 0 Å². The lowest BCUT2D eigenvalue weighted by Crippen LogP contribution is -2.29. The third-order valence-corrected chi connectivity index (χ3v) is 4.55. The highest BCUT2D eigenvalue weighted by atomic mass is 16.5. The number of rotatable bonds is 7. The molecule has 0 heterocycles. The molecule has 2 aromatic carbocycles. The van der Waals surface area contributed by atoms with Gasteiger partial charge in [-0.15, -0.1) is 0 Å². The molecule has 1 saturated carbocycles. The second kappa shape index (κ2) is 8.52. The summed E-state index contributed by atoms with van der Waals surface area (Å²) >= 11 is 0. The van der Waals surface area contributed by atoms with Crippen LogP contribution in [0.2, 0.25) is 0 Å². The predicted octanol–water partition coefficient (Wildman–Crippen LogP) is 3.43. The third-order valence-electron chi connectivity index (χ3n) is 4.55. The molecule has 5 heteroatoms. The molecule has 0 saturated heterocycles. The minimum absolute atomic E-state index is 0.0266. The molecule has 136 valence electrons. The first-order chi connectivity index (χ1) is 12.6. The Hall–Kier alpha value is -2.82. The highest BCUT2D eigenvalue weighted by molar-refractivity contribution is 5.93. The average Bonchev–Trinajstić information content (AvgIpc) is 2.58. The van der Waals surface area contributed by atoms with E-state index in [4.69, 9.17) is 4.74 Å². The molecule has 2 aromatic rings. The first-order valence-electron chi connectivity index (χ1n) is 8.96. The van der Waals surface area contributed by atoms with Crippen molar-refractivity contribution in [3.63, 3.8) is 0 Å². The topological polar surface area (TPSA) is 67.4 Å². The summed E-state index contributed by atoms with van der Waals surface area (Å²) in [6.45, 7) is 2.36. The van der Waals surface area contributed by atoms with Crippen molar-refractivity contribution in [2.24, 2.45) is 5.92 Å². The number of anilines is 1. The Labute approximate surface area is 153 Å². The van der Waals surface area contributed by atoms with Gasteiger partial charge >= 0.3 is 0 Å². The number of hydrogen-bond donors (Lipinski definition) is 2. The molecule has 0 radical (unpaired) electrons. The van der Waals surface area contributed by atoms with Gasteiger partial charge in [0.05, 0.1) is 0 Å². The average molecular weight is 352 g/mol. The number of carbonyl (C=O) groups is 2. The van der Waals surface area contributed by atoms with E-state index in [0.717, 1.165) is 36.1 Å². The molecule has 0 aromatic heterocycles. The van der Waals surface area contributed by atoms with Gasteiger partial charge in [-0.1, -0.05) is 36.2 Å². The third kappa shape index (κ3) is 5.09. The van der Waals surface area contributed by atoms with E-state index in [9.17, 15) is 9.59 Å². The molecular formula is C21H24N2O3. The highest BCUT2D eigenvalue weighted by Crippen LogP contribution is 2.27. The van der Waals surface area contributed by atoms with Gasteiger partial charge in [0.25, 0.3) is 5.91 Å². The number of nitrogens with one attached hydrogen (secondary N) is 2. The van der Waals surface area contributed by atoms with Crippen LogP contribution in [0.3, 0.4) is 0 Å². The summed E-state index contributed by atoms with van der Waals surface area (Å²) in [6, 6.07) is 15.1. The maximum absolute atomic E-state index is 12.0. The van der Waals surface area contributed by atoms with Crippen LogP contribution in [-0.4, -0.2) is 18.4 Å². The number of carbonyl (C=O) groups excluding carboxylic acids is 2. The number of benzene rings is 2. The summed E-state index contributed by atoms with van der Waals surface area (Å²) in [5.41, 5.74) is 2.84. The van der Waals surface area contributed by atoms with Gasteiger partial charge in [-0.3, -0.25) is 9.59 Å². The maximum atomic E-state index is 12.0. The van der Waals surface area contributed by atoms with Gasteiger partial charge < -0.3 is 15.4 Å². The summed E-state index contributed by atoms with van der Waals surface area (Å²) in [6.07, 6.45) is 3.08. The second-order valence-electron chi connectivity index (χ2n) is 6.70. The molecule has 0 spiro atoms. The molecule has 5 nitrogen and oxygen atoms in total. The summed E-state index contributed by atoms with van der Waals surface area (Å²) in [4.78, 5) is 24.0. The first kappa shape index (κ1) is 18.0. The van der Waals surface area contributed by atoms with E-state index in [1.807, 2.05) is 55.5 Å². The zero-order chi connectivity index (χ0) is 18.4. The summed E-state index contributed by atoms with van der Waals surface area (Å²) < 4.78 is 5.46. The monoisotopic (exact) mass is 352 g/mol. The van der Waals surface area contributed by atoms with Crippen LogP contribution in [0.4, 0.5) is 5.69 Å². The lowest BCUT2D eigenvalue weighted by molar-refractivity contribution is -0.123. The van der Waals surface area contributed by atoms with Crippen molar-refractivity contribution in [3.05, 3.63) is 59.7 Å².